The van der Waals surface area contributed by atoms with Gasteiger partial charge in [0.1, 0.15) is 0 Å². The smallest absolute Gasteiger partial charge is 0.287 e. The summed E-state index contributed by atoms with van der Waals surface area (Å²) in [5.41, 5.74) is 12.1. The largest absolute Gasteiger partial charge is 0.363 e. The maximum absolute atomic E-state index is 11.9. The third-order valence-corrected chi connectivity index (χ3v) is 2.60. The molecule has 0 bridgehead atoms. The predicted molar refractivity (Wildman–Crippen MR) is 72.2 cm³/mol. The van der Waals surface area contributed by atoms with Crippen LogP contribution in [0.15, 0.2) is 34.9 Å². The van der Waals surface area contributed by atoms with Crippen molar-refractivity contribution in [1.29, 1.82) is 0 Å². The van der Waals surface area contributed by atoms with Crippen LogP contribution >= 0.6 is 0 Å². The summed E-state index contributed by atoms with van der Waals surface area (Å²) in [4.78, 5) is 22.8. The highest BCUT2D eigenvalue weighted by atomic mass is 16.5. The van der Waals surface area contributed by atoms with Crippen LogP contribution in [-0.2, 0) is 6.42 Å². The number of hydrogen-bond donors (Lipinski definition) is 3. The molecule has 2 amide bonds. The second-order valence-corrected chi connectivity index (χ2v) is 4.13. The van der Waals surface area contributed by atoms with E-state index < -0.39 is 11.8 Å². The summed E-state index contributed by atoms with van der Waals surface area (Å²) in [7, 11) is 0. The molecule has 20 heavy (non-hydrogen) atoms. The second-order valence-electron chi connectivity index (χ2n) is 4.13. The number of carbonyl (C=O) groups is 2. The number of nitrogens with one attached hydrogen (secondary N) is 1. The van der Waals surface area contributed by atoms with Crippen molar-refractivity contribution in [2.24, 2.45) is 11.5 Å². The van der Waals surface area contributed by atoms with Crippen molar-refractivity contribution in [2.45, 2.75) is 6.42 Å². The minimum Gasteiger partial charge on any atom is -0.363 e. The second kappa shape index (κ2) is 5.98. The van der Waals surface area contributed by atoms with Gasteiger partial charge in [-0.25, -0.2) is 0 Å². The Labute approximate surface area is 114 Å². The third-order valence-electron chi connectivity index (χ3n) is 2.60. The topological polar surface area (TPSA) is 124 Å². The van der Waals surface area contributed by atoms with Crippen molar-refractivity contribution in [1.82, 2.24) is 5.16 Å². The fourth-order valence-electron chi connectivity index (χ4n) is 1.66. The van der Waals surface area contributed by atoms with Gasteiger partial charge < -0.3 is 21.3 Å². The lowest BCUT2D eigenvalue weighted by atomic mass is 10.1. The molecule has 0 aliphatic heterocycles. The highest BCUT2D eigenvalue weighted by Gasteiger charge is 2.15. The molecule has 7 nitrogen and oxygen atoms in total. The van der Waals surface area contributed by atoms with E-state index in [0.29, 0.717) is 12.2 Å². The van der Waals surface area contributed by atoms with Gasteiger partial charge in [0.25, 0.3) is 11.8 Å². The van der Waals surface area contributed by atoms with Crippen molar-refractivity contribution in [2.75, 3.05) is 11.9 Å². The number of benzene rings is 1. The highest BCUT2D eigenvalue weighted by molar-refractivity contribution is 6.04. The van der Waals surface area contributed by atoms with Gasteiger partial charge in [-0.2, -0.15) is 0 Å². The summed E-state index contributed by atoms with van der Waals surface area (Å²) in [5.74, 6) is -1.42. The quantitative estimate of drug-likeness (QED) is 0.733. The maximum atomic E-state index is 11.9. The van der Waals surface area contributed by atoms with E-state index in [1.165, 1.54) is 6.07 Å². The Kier molecular flexibility index (Phi) is 4.11. The Hall–Kier alpha value is -2.67. The SMILES string of the molecule is NCCc1cccc(NC(=O)c2cc(C(N)=O)on2)c1. The number of carbonyl (C=O) groups excluding carboxylic acids is 2. The van der Waals surface area contributed by atoms with Gasteiger partial charge in [0.2, 0.25) is 5.76 Å². The molecule has 2 rings (SSSR count). The monoisotopic (exact) mass is 274 g/mol. The molecule has 2 aromatic rings. The lowest BCUT2D eigenvalue weighted by molar-refractivity contribution is 0.0960. The summed E-state index contributed by atoms with van der Waals surface area (Å²) in [5, 5.41) is 6.14. The van der Waals surface area contributed by atoms with E-state index in [4.69, 9.17) is 11.5 Å². The van der Waals surface area contributed by atoms with E-state index in [1.54, 1.807) is 6.07 Å². The zero-order chi connectivity index (χ0) is 14.5. The number of hydrogen-bond acceptors (Lipinski definition) is 5. The van der Waals surface area contributed by atoms with Crippen molar-refractivity contribution < 1.29 is 14.1 Å². The summed E-state index contributed by atoms with van der Waals surface area (Å²) in [6, 6.07) is 8.50. The third kappa shape index (κ3) is 3.21. The van der Waals surface area contributed by atoms with E-state index in [0.717, 1.165) is 12.0 Å². The normalized spacial score (nSPS) is 10.2. The van der Waals surface area contributed by atoms with E-state index in [2.05, 4.69) is 15.0 Å². The van der Waals surface area contributed by atoms with Crippen molar-refractivity contribution in [3.63, 3.8) is 0 Å². The first kappa shape index (κ1) is 13.8. The molecule has 0 unspecified atom stereocenters. The molecule has 5 N–H and O–H groups in total. The lowest BCUT2D eigenvalue weighted by Crippen LogP contribution is -2.13. The average Bonchev–Trinajstić information content (AvgIpc) is 2.89. The molecular weight excluding hydrogens is 260 g/mol. The van der Waals surface area contributed by atoms with E-state index >= 15 is 0 Å². The summed E-state index contributed by atoms with van der Waals surface area (Å²) in [6.07, 6.45) is 0.722. The molecule has 7 heteroatoms. The molecule has 1 heterocycles. The maximum Gasteiger partial charge on any atom is 0.287 e. The van der Waals surface area contributed by atoms with E-state index in [-0.39, 0.29) is 11.5 Å². The van der Waals surface area contributed by atoms with Crippen LogP contribution in [0.5, 0.6) is 0 Å². The zero-order valence-corrected chi connectivity index (χ0v) is 10.6. The molecule has 0 aliphatic carbocycles. The van der Waals surface area contributed by atoms with Gasteiger partial charge in [-0.1, -0.05) is 17.3 Å². The van der Waals surface area contributed by atoms with Crippen molar-refractivity contribution >= 4 is 17.5 Å². The molecule has 0 radical (unpaired) electrons. The minimum absolute atomic E-state index is 0.0111. The summed E-state index contributed by atoms with van der Waals surface area (Å²) < 4.78 is 4.65. The summed E-state index contributed by atoms with van der Waals surface area (Å²) in [6.45, 7) is 0.530. The Morgan fingerprint density at radius 1 is 1.30 bits per heavy atom. The number of amides is 2. The van der Waals surface area contributed by atoms with Gasteiger partial charge in [-0.3, -0.25) is 9.59 Å². The number of primary amides is 1. The first-order valence-electron chi connectivity index (χ1n) is 5.97. The van der Waals surface area contributed by atoms with Gasteiger partial charge in [-0.05, 0) is 30.7 Å². The van der Waals surface area contributed by atoms with Crippen LogP contribution in [0.4, 0.5) is 5.69 Å². The van der Waals surface area contributed by atoms with E-state index in [9.17, 15) is 9.59 Å². The molecule has 0 saturated carbocycles. The van der Waals surface area contributed by atoms with Gasteiger partial charge in [0.05, 0.1) is 0 Å². The van der Waals surface area contributed by atoms with Crippen LogP contribution in [0, 0.1) is 0 Å². The molecule has 104 valence electrons. The lowest BCUT2D eigenvalue weighted by Gasteiger charge is -2.05. The van der Waals surface area contributed by atoms with Gasteiger partial charge in [0, 0.05) is 11.8 Å². The first-order chi connectivity index (χ1) is 9.60. The Morgan fingerprint density at radius 3 is 2.75 bits per heavy atom. The number of nitrogens with two attached hydrogens (primary N) is 2. The van der Waals surface area contributed by atoms with Crippen molar-refractivity contribution in [3.05, 3.63) is 47.3 Å². The number of aromatic nitrogens is 1. The number of rotatable bonds is 5. The molecule has 0 fully saturated rings. The molecule has 0 saturated heterocycles. The predicted octanol–water partition coefficient (Wildman–Crippen LogP) is 0.527. The van der Waals surface area contributed by atoms with Crippen LogP contribution in [0.1, 0.15) is 26.6 Å². The van der Waals surface area contributed by atoms with Crippen molar-refractivity contribution in [3.8, 4) is 0 Å². The highest BCUT2D eigenvalue weighted by Crippen LogP contribution is 2.13. The molecule has 0 aliphatic rings. The Bertz CT molecular complexity index is 636. The molecular formula is C13H14N4O3. The fourth-order valence-corrected chi connectivity index (χ4v) is 1.66. The molecule has 1 aromatic carbocycles. The zero-order valence-electron chi connectivity index (χ0n) is 10.6. The minimum atomic E-state index is -0.776. The van der Waals surface area contributed by atoms with Crippen LogP contribution < -0.4 is 16.8 Å². The summed E-state index contributed by atoms with van der Waals surface area (Å²) >= 11 is 0. The van der Waals surface area contributed by atoms with Gasteiger partial charge >= 0.3 is 0 Å². The number of nitrogens with zero attached hydrogens (tertiary/aromatic N) is 1. The van der Waals surface area contributed by atoms with Crippen LogP contribution in [-0.4, -0.2) is 23.5 Å². The first-order valence-corrected chi connectivity index (χ1v) is 5.97. The number of anilines is 1. The fraction of sp³-hybridized carbons (Fsp3) is 0.154. The molecule has 0 atom stereocenters. The standard InChI is InChI=1S/C13H14N4O3/c14-5-4-8-2-1-3-9(6-8)16-13(19)10-7-11(12(15)18)20-17-10/h1-3,6-7H,4-5,14H2,(H2,15,18)(H,16,19). The Morgan fingerprint density at radius 2 is 2.10 bits per heavy atom. The van der Waals surface area contributed by atoms with Gasteiger partial charge in [0.15, 0.2) is 5.69 Å². The van der Waals surface area contributed by atoms with E-state index in [1.807, 2.05) is 18.2 Å². The van der Waals surface area contributed by atoms with Crippen LogP contribution in [0.2, 0.25) is 0 Å². The van der Waals surface area contributed by atoms with Crippen LogP contribution in [0.25, 0.3) is 0 Å². The molecule has 0 spiro atoms. The molecule has 1 aromatic heterocycles. The Balaban J connectivity index is 2.10. The average molecular weight is 274 g/mol. The van der Waals surface area contributed by atoms with Crippen LogP contribution in [0.3, 0.4) is 0 Å². The van der Waals surface area contributed by atoms with Gasteiger partial charge in [-0.15, -0.1) is 0 Å².